The Kier molecular flexibility index (Phi) is 7.80. The lowest BCUT2D eigenvalue weighted by Crippen LogP contribution is -3.16. The summed E-state index contributed by atoms with van der Waals surface area (Å²) in [5.41, 5.74) is 3.34. The predicted molar refractivity (Wildman–Crippen MR) is 116 cm³/mol. The van der Waals surface area contributed by atoms with Crippen molar-refractivity contribution in [3.63, 3.8) is 0 Å². The molecule has 0 saturated carbocycles. The highest BCUT2D eigenvalue weighted by atomic mass is 32.1. The molecule has 0 bridgehead atoms. The number of nitrogens with zero attached hydrogens (tertiary/aromatic N) is 1. The van der Waals surface area contributed by atoms with Crippen LogP contribution in [0.5, 0.6) is 0 Å². The molecule has 1 atom stereocenters. The summed E-state index contributed by atoms with van der Waals surface area (Å²) >= 11 is 1.69. The van der Waals surface area contributed by atoms with Gasteiger partial charge in [-0.1, -0.05) is 25.1 Å². The molecule has 1 aromatic carbocycles. The number of hydrogen-bond acceptors (Lipinski definition) is 3. The van der Waals surface area contributed by atoms with Crippen molar-refractivity contribution < 1.29 is 19.4 Å². The van der Waals surface area contributed by atoms with Crippen LogP contribution in [-0.2, 0) is 22.6 Å². The number of amides is 2. The van der Waals surface area contributed by atoms with E-state index < -0.39 is 0 Å². The van der Waals surface area contributed by atoms with Crippen molar-refractivity contribution in [3.8, 4) is 0 Å². The molecule has 1 aliphatic heterocycles. The van der Waals surface area contributed by atoms with E-state index in [1.807, 2.05) is 29.2 Å². The largest absolute Gasteiger partial charge is 0.327 e. The van der Waals surface area contributed by atoms with Crippen LogP contribution in [0.3, 0.4) is 0 Å². The van der Waals surface area contributed by atoms with Crippen LogP contribution in [0.25, 0.3) is 0 Å². The number of benzene rings is 1. The van der Waals surface area contributed by atoms with E-state index in [2.05, 4.69) is 36.1 Å². The van der Waals surface area contributed by atoms with Gasteiger partial charge in [0, 0.05) is 11.3 Å². The van der Waals surface area contributed by atoms with E-state index in [1.54, 1.807) is 11.3 Å². The number of likely N-dealkylation sites (N-methyl/N-ethyl adjacent to an activating group) is 1. The van der Waals surface area contributed by atoms with Crippen molar-refractivity contribution in [2.45, 2.75) is 19.9 Å². The molecule has 7 heteroatoms. The molecule has 156 valence electrons. The molecule has 1 aliphatic rings. The first-order valence-corrected chi connectivity index (χ1v) is 11.3. The highest BCUT2D eigenvalue weighted by Crippen LogP contribution is 2.14. The standard InChI is InChI=1S/C22H30N4O2S/c1-3-19-6-4-5-7-20(19)23-21(27)15-25-9-11-26(12-10-25)22(28)16-24(2)14-18-8-13-29-17-18/h4-8,13,17H,3,9-12,14-16H2,1-2H3,(H,23,27)/p+2. The van der Waals surface area contributed by atoms with E-state index in [-0.39, 0.29) is 11.8 Å². The number of hydrogen-bond donors (Lipinski definition) is 3. The average Bonchev–Trinajstić information content (AvgIpc) is 3.21. The number of rotatable bonds is 8. The van der Waals surface area contributed by atoms with Crippen molar-refractivity contribution in [3.05, 3.63) is 52.2 Å². The van der Waals surface area contributed by atoms with E-state index in [0.29, 0.717) is 13.1 Å². The summed E-state index contributed by atoms with van der Waals surface area (Å²) in [4.78, 5) is 29.4. The normalized spacial score (nSPS) is 15.9. The van der Waals surface area contributed by atoms with Gasteiger partial charge >= 0.3 is 0 Å². The first-order valence-electron chi connectivity index (χ1n) is 10.4. The van der Waals surface area contributed by atoms with Crippen molar-refractivity contribution in [2.24, 2.45) is 0 Å². The van der Waals surface area contributed by atoms with Gasteiger partial charge in [0.15, 0.2) is 13.1 Å². The molecule has 3 N–H and O–H groups in total. The number of anilines is 1. The van der Waals surface area contributed by atoms with E-state index in [0.717, 1.165) is 50.4 Å². The third-order valence-corrected chi connectivity index (χ3v) is 6.18. The number of carbonyl (C=O) groups excluding carboxylic acids is 2. The van der Waals surface area contributed by atoms with E-state index >= 15 is 0 Å². The Hall–Kier alpha value is -2.22. The number of para-hydroxylation sites is 1. The first kappa shape index (κ1) is 21.5. The lowest BCUT2D eigenvalue weighted by molar-refractivity contribution is -0.896. The van der Waals surface area contributed by atoms with E-state index in [9.17, 15) is 9.59 Å². The summed E-state index contributed by atoms with van der Waals surface area (Å²) in [6.45, 7) is 7.00. The van der Waals surface area contributed by atoms with Gasteiger partial charge in [-0.25, -0.2) is 0 Å². The Morgan fingerprint density at radius 2 is 1.97 bits per heavy atom. The van der Waals surface area contributed by atoms with Crippen LogP contribution in [0.4, 0.5) is 5.69 Å². The second kappa shape index (κ2) is 10.5. The molecule has 1 aromatic heterocycles. The smallest absolute Gasteiger partial charge is 0.279 e. The molecule has 0 radical (unpaired) electrons. The van der Waals surface area contributed by atoms with Crippen LogP contribution in [0.2, 0.25) is 0 Å². The monoisotopic (exact) mass is 416 g/mol. The van der Waals surface area contributed by atoms with Crippen LogP contribution < -0.4 is 15.1 Å². The molecule has 29 heavy (non-hydrogen) atoms. The highest BCUT2D eigenvalue weighted by molar-refractivity contribution is 7.07. The number of aryl methyl sites for hydroxylation is 1. The topological polar surface area (TPSA) is 58.3 Å². The Labute approximate surface area is 177 Å². The summed E-state index contributed by atoms with van der Waals surface area (Å²) in [6, 6.07) is 10.1. The molecule has 0 aliphatic carbocycles. The van der Waals surface area contributed by atoms with Crippen molar-refractivity contribution in [1.29, 1.82) is 0 Å². The molecule has 1 unspecified atom stereocenters. The lowest BCUT2D eigenvalue weighted by atomic mass is 10.1. The zero-order valence-electron chi connectivity index (χ0n) is 17.4. The Morgan fingerprint density at radius 3 is 2.66 bits per heavy atom. The van der Waals surface area contributed by atoms with Gasteiger partial charge in [-0.15, -0.1) is 0 Å². The minimum atomic E-state index is 0.0422. The quantitative estimate of drug-likeness (QED) is 0.553. The number of carbonyl (C=O) groups is 2. The second-order valence-corrected chi connectivity index (χ2v) is 8.59. The zero-order chi connectivity index (χ0) is 20.6. The Bertz CT molecular complexity index is 801. The van der Waals surface area contributed by atoms with Gasteiger partial charge in [-0.2, -0.15) is 11.3 Å². The van der Waals surface area contributed by atoms with Gasteiger partial charge in [0.05, 0.1) is 33.2 Å². The molecule has 6 nitrogen and oxygen atoms in total. The fraction of sp³-hybridized carbons (Fsp3) is 0.455. The Balaban J connectivity index is 1.40. The summed E-state index contributed by atoms with van der Waals surface area (Å²) in [5, 5.41) is 7.26. The molecule has 2 heterocycles. The number of piperazine rings is 1. The number of thiophene rings is 1. The molecule has 2 aromatic rings. The van der Waals surface area contributed by atoms with Crippen molar-refractivity contribution >= 4 is 28.8 Å². The third-order valence-electron chi connectivity index (χ3n) is 5.45. The maximum absolute atomic E-state index is 12.6. The maximum Gasteiger partial charge on any atom is 0.279 e. The van der Waals surface area contributed by atoms with E-state index in [1.165, 1.54) is 15.4 Å². The number of nitrogens with one attached hydrogen (secondary N) is 3. The van der Waals surface area contributed by atoms with Gasteiger partial charge in [-0.05, 0) is 34.9 Å². The van der Waals surface area contributed by atoms with Crippen LogP contribution in [0.15, 0.2) is 41.1 Å². The molecular formula is C22H32N4O2S+2. The van der Waals surface area contributed by atoms with Crippen LogP contribution in [0, 0.1) is 0 Å². The lowest BCUT2D eigenvalue weighted by Gasteiger charge is -2.32. The van der Waals surface area contributed by atoms with Gasteiger partial charge in [0.2, 0.25) is 0 Å². The van der Waals surface area contributed by atoms with Gasteiger partial charge < -0.3 is 20.0 Å². The van der Waals surface area contributed by atoms with Gasteiger partial charge in [-0.3, -0.25) is 9.59 Å². The summed E-state index contributed by atoms with van der Waals surface area (Å²) in [6.07, 6.45) is 0.896. The summed E-state index contributed by atoms with van der Waals surface area (Å²) in [5.74, 6) is 0.249. The maximum atomic E-state index is 12.6. The average molecular weight is 417 g/mol. The zero-order valence-corrected chi connectivity index (χ0v) is 18.2. The van der Waals surface area contributed by atoms with Crippen LogP contribution >= 0.6 is 11.3 Å². The fourth-order valence-electron chi connectivity index (χ4n) is 3.80. The molecular weight excluding hydrogens is 384 g/mol. The molecule has 3 rings (SSSR count). The van der Waals surface area contributed by atoms with Crippen molar-refractivity contribution in [1.82, 2.24) is 4.90 Å². The molecule has 2 amide bonds. The molecule has 1 saturated heterocycles. The second-order valence-electron chi connectivity index (χ2n) is 7.81. The summed E-state index contributed by atoms with van der Waals surface area (Å²) in [7, 11) is 2.07. The third kappa shape index (κ3) is 6.39. The first-order chi connectivity index (χ1) is 14.0. The van der Waals surface area contributed by atoms with Gasteiger partial charge in [0.25, 0.3) is 11.8 Å². The molecule has 0 spiro atoms. The predicted octanol–water partition coefficient (Wildman–Crippen LogP) is -0.309. The minimum Gasteiger partial charge on any atom is -0.327 e. The van der Waals surface area contributed by atoms with Gasteiger partial charge in [0.1, 0.15) is 6.54 Å². The molecule has 1 fully saturated rings. The van der Waals surface area contributed by atoms with Crippen LogP contribution in [-0.4, -0.2) is 63.0 Å². The van der Waals surface area contributed by atoms with Crippen molar-refractivity contribution in [2.75, 3.05) is 51.6 Å². The van der Waals surface area contributed by atoms with Crippen LogP contribution in [0.1, 0.15) is 18.1 Å². The minimum absolute atomic E-state index is 0.0422. The highest BCUT2D eigenvalue weighted by Gasteiger charge is 2.27. The Morgan fingerprint density at radius 1 is 1.21 bits per heavy atom. The summed E-state index contributed by atoms with van der Waals surface area (Å²) < 4.78 is 0. The number of quaternary nitrogens is 2. The fourth-order valence-corrected chi connectivity index (χ4v) is 4.46. The SMILES string of the molecule is CCc1ccccc1NC(=O)C[NH+]1CCN(C(=O)C[NH+](C)Cc2ccsc2)CC1. The van der Waals surface area contributed by atoms with E-state index in [4.69, 9.17) is 0 Å².